The summed E-state index contributed by atoms with van der Waals surface area (Å²) in [6, 6.07) is 2.87. The van der Waals surface area contributed by atoms with Crippen LogP contribution < -0.4 is 16.2 Å². The van der Waals surface area contributed by atoms with Crippen molar-refractivity contribution in [1.29, 1.82) is 0 Å². The van der Waals surface area contributed by atoms with Gasteiger partial charge in [-0.2, -0.15) is 0 Å². The smallest absolute Gasteiger partial charge is 0.406 e. The molecule has 9 heteroatoms. The fraction of sp³-hybridized carbons (Fsp3) is 0.250. The first-order chi connectivity index (χ1) is 8.15. The van der Waals surface area contributed by atoms with Crippen molar-refractivity contribution in [1.82, 2.24) is 10.6 Å². The van der Waals surface area contributed by atoms with Gasteiger partial charge in [0.25, 0.3) is 0 Å². The summed E-state index contributed by atoms with van der Waals surface area (Å²) in [5, 5.41) is 10.6. The molecule has 9 nitrogen and oxygen atoms in total. The van der Waals surface area contributed by atoms with Crippen LogP contribution in [0.15, 0.2) is 18.3 Å². The third kappa shape index (κ3) is 4.01. The van der Waals surface area contributed by atoms with Gasteiger partial charge in [0.05, 0.1) is 13.0 Å². The van der Waals surface area contributed by atoms with Crippen molar-refractivity contribution in [3.8, 4) is 5.75 Å². The van der Waals surface area contributed by atoms with E-state index >= 15 is 0 Å². The second-order valence-corrected chi connectivity index (χ2v) is 2.77. The van der Waals surface area contributed by atoms with Gasteiger partial charge in [-0.1, -0.05) is 5.59 Å². The molecule has 0 spiro atoms. The van der Waals surface area contributed by atoms with E-state index < -0.39 is 16.7 Å². The van der Waals surface area contributed by atoms with E-state index in [2.05, 4.69) is 9.82 Å². The molecule has 0 radical (unpaired) electrons. The predicted octanol–water partition coefficient (Wildman–Crippen LogP) is -0.320. The van der Waals surface area contributed by atoms with Crippen molar-refractivity contribution in [2.24, 2.45) is 5.84 Å². The molecule has 1 heterocycles. The largest absolute Gasteiger partial charge is 0.485 e. The highest BCUT2D eigenvalue weighted by atomic mass is 16.7. The van der Waals surface area contributed by atoms with Crippen molar-refractivity contribution < 1.29 is 19.3 Å². The van der Waals surface area contributed by atoms with Gasteiger partial charge in [0.15, 0.2) is 0 Å². The van der Waals surface area contributed by atoms with Gasteiger partial charge >= 0.3 is 11.8 Å². The first kappa shape index (κ1) is 12.8. The Labute approximate surface area is 95.6 Å². The summed E-state index contributed by atoms with van der Waals surface area (Å²) < 4.78 is 5.04. The molecular weight excluding hydrogens is 232 g/mol. The SMILES string of the molecule is NNOC(=O)CCOc1cccnc1[N+](=O)[O-]. The number of hydrazine groups is 1. The van der Waals surface area contributed by atoms with Crippen LogP contribution in [0.1, 0.15) is 6.42 Å². The molecule has 0 unspecified atom stereocenters. The number of nitrogens with zero attached hydrogens (tertiary/aromatic N) is 2. The van der Waals surface area contributed by atoms with E-state index in [1.807, 2.05) is 0 Å². The van der Waals surface area contributed by atoms with Crippen molar-refractivity contribution in [2.75, 3.05) is 6.61 Å². The lowest BCUT2D eigenvalue weighted by Gasteiger charge is -2.05. The molecule has 1 aromatic rings. The summed E-state index contributed by atoms with van der Waals surface area (Å²) in [4.78, 5) is 28.5. The van der Waals surface area contributed by atoms with Gasteiger partial charge in [0.1, 0.15) is 6.20 Å². The Morgan fingerprint density at radius 2 is 2.41 bits per heavy atom. The van der Waals surface area contributed by atoms with Crippen LogP contribution in [0.2, 0.25) is 0 Å². The molecule has 0 aliphatic rings. The Kier molecular flexibility index (Phi) is 4.78. The van der Waals surface area contributed by atoms with Gasteiger partial charge in [-0.15, -0.1) is 0 Å². The van der Waals surface area contributed by atoms with E-state index in [0.717, 1.165) is 0 Å². The van der Waals surface area contributed by atoms with E-state index in [1.165, 1.54) is 18.3 Å². The van der Waals surface area contributed by atoms with Gasteiger partial charge in [0, 0.05) is 0 Å². The topological polar surface area (TPSA) is 130 Å². The molecule has 3 N–H and O–H groups in total. The summed E-state index contributed by atoms with van der Waals surface area (Å²) in [5.41, 5.74) is 1.72. The lowest BCUT2D eigenvalue weighted by Crippen LogP contribution is -2.27. The number of nitrogens with one attached hydrogen (secondary N) is 1. The first-order valence-corrected chi connectivity index (χ1v) is 4.52. The Hall–Kier alpha value is -2.26. The molecule has 0 aliphatic heterocycles. The van der Waals surface area contributed by atoms with Crippen LogP contribution >= 0.6 is 0 Å². The number of hydrogen-bond acceptors (Lipinski definition) is 8. The van der Waals surface area contributed by atoms with Crippen molar-refractivity contribution in [3.63, 3.8) is 0 Å². The first-order valence-electron chi connectivity index (χ1n) is 4.52. The molecule has 0 atom stereocenters. The zero-order chi connectivity index (χ0) is 12.7. The number of carbonyl (C=O) groups excluding carboxylic acids is 1. The van der Waals surface area contributed by atoms with Gasteiger partial charge < -0.3 is 19.7 Å². The minimum absolute atomic E-state index is 0.00833. The Morgan fingerprint density at radius 1 is 1.65 bits per heavy atom. The molecule has 0 bridgehead atoms. The Bertz CT molecular complexity index is 411. The molecule has 0 aliphatic carbocycles. The van der Waals surface area contributed by atoms with Crippen LogP contribution in [0.25, 0.3) is 0 Å². The maximum Gasteiger partial charge on any atom is 0.406 e. The molecule has 1 rings (SSSR count). The van der Waals surface area contributed by atoms with Crippen LogP contribution in [0.3, 0.4) is 0 Å². The van der Waals surface area contributed by atoms with Gasteiger partial charge in [-0.25, -0.2) is 5.84 Å². The molecule has 0 aromatic carbocycles. The number of ether oxygens (including phenoxy) is 1. The third-order valence-electron chi connectivity index (χ3n) is 1.66. The number of nitrogens with two attached hydrogens (primary N) is 1. The summed E-state index contributed by atoms with van der Waals surface area (Å²) in [6.07, 6.45) is 1.17. The van der Waals surface area contributed by atoms with Crippen LogP contribution in [-0.2, 0) is 9.63 Å². The second-order valence-electron chi connectivity index (χ2n) is 2.77. The van der Waals surface area contributed by atoms with E-state index in [4.69, 9.17) is 10.6 Å². The number of rotatable bonds is 6. The van der Waals surface area contributed by atoms with E-state index in [-0.39, 0.29) is 18.8 Å². The number of hydrogen-bond donors (Lipinski definition) is 2. The average Bonchev–Trinajstić information content (AvgIpc) is 2.30. The summed E-state index contributed by atoms with van der Waals surface area (Å²) in [6.45, 7) is -0.0763. The Balaban J connectivity index is 2.52. The normalized spacial score (nSPS) is 9.71. The Morgan fingerprint density at radius 3 is 3.06 bits per heavy atom. The number of pyridine rings is 1. The predicted molar refractivity (Wildman–Crippen MR) is 54.4 cm³/mol. The molecular formula is C8H10N4O5. The maximum atomic E-state index is 10.9. The molecule has 0 amide bonds. The van der Waals surface area contributed by atoms with Crippen LogP contribution in [0.4, 0.5) is 5.82 Å². The standard InChI is InChI=1S/C8H10N4O5/c9-11-17-7(13)3-5-16-6-2-1-4-10-8(6)12(14)15/h1-2,4,11H,3,5,9H2. The van der Waals surface area contributed by atoms with E-state index in [1.54, 1.807) is 5.59 Å². The fourth-order valence-electron chi connectivity index (χ4n) is 0.993. The van der Waals surface area contributed by atoms with Crippen LogP contribution in [0.5, 0.6) is 5.75 Å². The average molecular weight is 242 g/mol. The quantitative estimate of drug-likeness (QED) is 0.394. The summed E-state index contributed by atoms with van der Waals surface area (Å²) in [5.74, 6) is 3.69. The molecule has 0 fully saturated rings. The minimum atomic E-state index is -0.672. The molecule has 17 heavy (non-hydrogen) atoms. The van der Waals surface area contributed by atoms with Crippen LogP contribution in [0, 0.1) is 10.1 Å². The second kappa shape index (κ2) is 6.35. The molecule has 1 aromatic heterocycles. The van der Waals surface area contributed by atoms with Gasteiger partial charge in [0.2, 0.25) is 5.75 Å². The molecule has 92 valence electrons. The lowest BCUT2D eigenvalue weighted by atomic mass is 10.4. The zero-order valence-corrected chi connectivity index (χ0v) is 8.66. The summed E-state index contributed by atoms with van der Waals surface area (Å²) >= 11 is 0. The number of nitro groups is 1. The van der Waals surface area contributed by atoms with E-state index in [0.29, 0.717) is 0 Å². The van der Waals surface area contributed by atoms with Gasteiger partial charge in [-0.3, -0.25) is 4.79 Å². The highest BCUT2D eigenvalue weighted by Crippen LogP contribution is 2.22. The van der Waals surface area contributed by atoms with Crippen molar-refractivity contribution in [3.05, 3.63) is 28.4 Å². The maximum absolute atomic E-state index is 10.9. The van der Waals surface area contributed by atoms with E-state index in [9.17, 15) is 14.9 Å². The van der Waals surface area contributed by atoms with Gasteiger partial charge in [-0.05, 0) is 22.0 Å². The summed E-state index contributed by atoms with van der Waals surface area (Å²) in [7, 11) is 0. The third-order valence-corrected chi connectivity index (χ3v) is 1.66. The zero-order valence-electron chi connectivity index (χ0n) is 8.66. The minimum Gasteiger partial charge on any atom is -0.485 e. The highest BCUT2D eigenvalue weighted by Gasteiger charge is 2.15. The lowest BCUT2D eigenvalue weighted by molar-refractivity contribution is -0.390. The van der Waals surface area contributed by atoms with Crippen LogP contribution in [-0.4, -0.2) is 22.5 Å². The van der Waals surface area contributed by atoms with Crippen molar-refractivity contribution >= 4 is 11.8 Å². The molecule has 0 saturated carbocycles. The molecule has 0 saturated heterocycles. The number of carbonyl (C=O) groups is 1. The highest BCUT2D eigenvalue weighted by molar-refractivity contribution is 5.69. The number of aromatic nitrogens is 1. The van der Waals surface area contributed by atoms with Crippen molar-refractivity contribution in [2.45, 2.75) is 6.42 Å². The monoisotopic (exact) mass is 242 g/mol. The fourth-order valence-corrected chi connectivity index (χ4v) is 0.993.